The Morgan fingerprint density at radius 1 is 1.15 bits per heavy atom. The quantitative estimate of drug-likeness (QED) is 0.278. The normalized spacial score (nSPS) is 11.7. The van der Waals surface area contributed by atoms with E-state index >= 15 is 0 Å². The maximum absolute atomic E-state index is 10.9. The number of nitrogens with two attached hydrogens (primary N) is 2. The van der Waals surface area contributed by atoms with Crippen LogP contribution in [0.15, 0.2) is 24.5 Å². The Morgan fingerprint density at radius 2 is 1.77 bits per heavy atom. The van der Waals surface area contributed by atoms with Gasteiger partial charge in [-0.15, -0.1) is 5.10 Å². The summed E-state index contributed by atoms with van der Waals surface area (Å²) in [6.45, 7) is 2.22. The molecule has 0 fully saturated rings. The molecule has 26 heavy (non-hydrogen) atoms. The minimum atomic E-state index is -0.990. The number of amides is 1. The van der Waals surface area contributed by atoms with Crippen LogP contribution in [-0.4, -0.2) is 32.1 Å². The third kappa shape index (κ3) is 15.2. The van der Waals surface area contributed by atoms with Gasteiger partial charge in [-0.3, -0.25) is 9.59 Å². The Kier molecular flexibility index (Phi) is 14.6. The van der Waals surface area contributed by atoms with Crippen molar-refractivity contribution in [2.24, 2.45) is 11.7 Å². The van der Waals surface area contributed by atoms with E-state index in [2.05, 4.69) is 17.2 Å². The van der Waals surface area contributed by atoms with Gasteiger partial charge in [-0.2, -0.15) is 4.79 Å². The smallest absolute Gasteiger partial charge is 0.310 e. The predicted molar refractivity (Wildman–Crippen MR) is 101 cm³/mol. The Morgan fingerprint density at radius 3 is 2.19 bits per heavy atom. The highest BCUT2D eigenvalue weighted by molar-refractivity contribution is 5.82. The Labute approximate surface area is 155 Å². The number of rotatable bonds is 13. The molecule has 8 heteroatoms. The van der Waals surface area contributed by atoms with Gasteiger partial charge in [0.25, 0.3) is 0 Å². The fourth-order valence-corrected chi connectivity index (χ4v) is 2.33. The first-order chi connectivity index (χ1) is 12.5. The van der Waals surface area contributed by atoms with Crippen LogP contribution >= 0.6 is 0 Å². The van der Waals surface area contributed by atoms with Crippen molar-refractivity contribution >= 4 is 11.9 Å². The second-order valence-electron chi connectivity index (χ2n) is 6.19. The molecule has 0 spiro atoms. The average molecular weight is 367 g/mol. The van der Waals surface area contributed by atoms with Crippen molar-refractivity contribution in [3.8, 4) is 0 Å². The zero-order chi connectivity index (χ0) is 19.6. The first-order valence-corrected chi connectivity index (χ1v) is 9.26. The summed E-state index contributed by atoms with van der Waals surface area (Å²) in [5, 5.41) is 15.7. The lowest BCUT2D eigenvalue weighted by Crippen LogP contribution is -2.20. The third-order valence-corrected chi connectivity index (χ3v) is 3.77. The zero-order valence-electron chi connectivity index (χ0n) is 15.7. The number of nitrogen functional groups attached to an aromatic ring is 1. The van der Waals surface area contributed by atoms with Gasteiger partial charge in [0, 0.05) is 6.42 Å². The van der Waals surface area contributed by atoms with Crippen molar-refractivity contribution in [1.29, 1.82) is 0 Å². The molecule has 0 aliphatic carbocycles. The summed E-state index contributed by atoms with van der Waals surface area (Å²) < 4.78 is 0. The molecule has 0 aromatic carbocycles. The number of primary amides is 1. The molecule has 1 atom stereocenters. The number of unbranched alkanes of at least 4 members (excludes halogenated alkanes) is 8. The van der Waals surface area contributed by atoms with Gasteiger partial charge in [-0.1, -0.05) is 64.0 Å². The van der Waals surface area contributed by atoms with Crippen molar-refractivity contribution in [1.82, 2.24) is 15.1 Å². The Bertz CT molecular complexity index is 503. The molecule has 0 aliphatic rings. The van der Waals surface area contributed by atoms with E-state index < -0.39 is 17.8 Å². The maximum atomic E-state index is 10.9. The van der Waals surface area contributed by atoms with Gasteiger partial charge in [0.1, 0.15) is 0 Å². The van der Waals surface area contributed by atoms with E-state index in [4.69, 9.17) is 16.7 Å². The largest absolute Gasteiger partial charge is 0.481 e. The van der Waals surface area contributed by atoms with Crippen LogP contribution in [0.2, 0.25) is 0 Å². The van der Waals surface area contributed by atoms with Gasteiger partial charge in [-0.25, -0.2) is 0 Å². The first-order valence-electron chi connectivity index (χ1n) is 9.26. The molecule has 1 amide bonds. The Hall–Kier alpha value is -2.38. The number of aliphatic carboxylic acids is 1. The van der Waals surface area contributed by atoms with Gasteiger partial charge in [0.2, 0.25) is 5.91 Å². The zero-order valence-corrected chi connectivity index (χ0v) is 15.7. The van der Waals surface area contributed by atoms with Gasteiger partial charge >= 0.3 is 5.97 Å². The number of carbonyl (C=O) groups is 2. The molecule has 0 saturated carbocycles. The minimum Gasteiger partial charge on any atom is -0.481 e. The summed E-state index contributed by atoms with van der Waals surface area (Å²) in [5.74, 6) is 2.68. The number of carbonyl (C=O) groups excluding carboxylic acids is 1. The molecule has 1 heterocycles. The van der Waals surface area contributed by atoms with Gasteiger partial charge in [0.05, 0.1) is 18.3 Å². The van der Waals surface area contributed by atoms with Gasteiger partial charge in [-0.05, 0) is 18.1 Å². The second kappa shape index (κ2) is 16.1. The van der Waals surface area contributed by atoms with Crippen LogP contribution in [0.3, 0.4) is 0 Å². The summed E-state index contributed by atoms with van der Waals surface area (Å²) in [4.78, 5) is 22.7. The summed E-state index contributed by atoms with van der Waals surface area (Å²) in [6.07, 6.45) is 17.3. The molecule has 1 unspecified atom stereocenters. The van der Waals surface area contributed by atoms with E-state index in [9.17, 15) is 9.59 Å². The monoisotopic (exact) mass is 367 g/mol. The van der Waals surface area contributed by atoms with E-state index in [1.165, 1.54) is 51.1 Å². The van der Waals surface area contributed by atoms with Crippen molar-refractivity contribution in [3.05, 3.63) is 24.5 Å². The van der Waals surface area contributed by atoms with Crippen molar-refractivity contribution in [2.75, 3.05) is 5.84 Å². The van der Waals surface area contributed by atoms with E-state index in [1.807, 2.05) is 6.08 Å². The van der Waals surface area contributed by atoms with Crippen molar-refractivity contribution < 1.29 is 14.7 Å². The van der Waals surface area contributed by atoms with E-state index in [1.54, 1.807) is 12.3 Å². The van der Waals surface area contributed by atoms with Crippen LogP contribution < -0.4 is 11.6 Å². The summed E-state index contributed by atoms with van der Waals surface area (Å²) in [7, 11) is 0. The molecule has 0 radical (unpaired) electrons. The van der Waals surface area contributed by atoms with Crippen molar-refractivity contribution in [3.63, 3.8) is 0 Å². The highest BCUT2D eigenvalue weighted by atomic mass is 16.4. The first kappa shape index (κ1) is 23.6. The molecular weight excluding hydrogens is 334 g/mol. The fourth-order valence-electron chi connectivity index (χ4n) is 2.33. The minimum absolute atomic E-state index is 0.122. The van der Waals surface area contributed by atoms with Crippen LogP contribution in [-0.2, 0) is 9.59 Å². The average Bonchev–Trinajstić information content (AvgIpc) is 3.06. The lowest BCUT2D eigenvalue weighted by molar-refractivity contribution is -0.141. The standard InChI is InChI=1S/C16H29NO3.C2H4N4/c1-2-3-4-5-6-7-8-9-10-11-12-14(16(19)20)13-15(17)18;3-6-2-1-4-5-6/h11-12,14H,2-10,13H2,1H3,(H2,17,18)(H,19,20);1-2H,3H2. The number of aromatic nitrogens is 3. The molecule has 1 aromatic heterocycles. The van der Waals surface area contributed by atoms with E-state index in [-0.39, 0.29) is 6.42 Å². The maximum Gasteiger partial charge on any atom is 0.310 e. The van der Waals surface area contributed by atoms with Crippen LogP contribution in [0.1, 0.15) is 71.1 Å². The third-order valence-electron chi connectivity index (χ3n) is 3.77. The molecule has 148 valence electrons. The van der Waals surface area contributed by atoms with Gasteiger partial charge < -0.3 is 16.7 Å². The highest BCUT2D eigenvalue weighted by Crippen LogP contribution is 2.11. The van der Waals surface area contributed by atoms with Crippen LogP contribution in [0.25, 0.3) is 0 Å². The topological polar surface area (TPSA) is 137 Å². The number of hydrogen-bond donors (Lipinski definition) is 3. The van der Waals surface area contributed by atoms with Crippen molar-refractivity contribution in [2.45, 2.75) is 71.1 Å². The van der Waals surface area contributed by atoms with Crippen LogP contribution in [0.5, 0.6) is 0 Å². The summed E-state index contributed by atoms with van der Waals surface area (Å²) >= 11 is 0. The number of allylic oxidation sites excluding steroid dienone is 1. The number of carboxylic acid groups (broad SMARTS) is 1. The lowest BCUT2D eigenvalue weighted by atomic mass is 10.0. The second-order valence-corrected chi connectivity index (χ2v) is 6.19. The van der Waals surface area contributed by atoms with Crippen LogP contribution in [0, 0.1) is 5.92 Å². The fraction of sp³-hybridized carbons (Fsp3) is 0.667. The molecule has 8 nitrogen and oxygen atoms in total. The SMILES string of the molecule is CCCCCCCCCCC=CC(CC(N)=O)C(=O)O.Nn1ccnn1. The number of carboxylic acids is 1. The molecule has 5 N–H and O–H groups in total. The predicted octanol–water partition coefficient (Wildman–Crippen LogP) is 2.64. The molecular formula is C18H33N5O3. The Balaban J connectivity index is 0.000000867. The van der Waals surface area contributed by atoms with Gasteiger partial charge in [0.15, 0.2) is 0 Å². The highest BCUT2D eigenvalue weighted by Gasteiger charge is 2.15. The molecule has 0 bridgehead atoms. The summed E-state index contributed by atoms with van der Waals surface area (Å²) in [5.41, 5.74) is 5.01. The number of nitrogens with zero attached hydrogens (tertiary/aromatic N) is 3. The lowest BCUT2D eigenvalue weighted by Gasteiger charge is -2.04. The molecule has 1 rings (SSSR count). The number of hydrogen-bond acceptors (Lipinski definition) is 5. The van der Waals surface area contributed by atoms with E-state index in [0.717, 1.165) is 17.6 Å². The van der Waals surface area contributed by atoms with E-state index in [0.29, 0.717) is 0 Å². The summed E-state index contributed by atoms with van der Waals surface area (Å²) in [6, 6.07) is 0. The molecule has 1 aromatic rings. The van der Waals surface area contributed by atoms with Crippen LogP contribution in [0.4, 0.5) is 0 Å². The molecule has 0 aliphatic heterocycles. The molecule has 0 saturated heterocycles.